The topological polar surface area (TPSA) is 0 Å². The SMILES string of the molecule is [SiH3]CCc1ccc(C2=CCCCC2)cc1. The van der Waals surface area contributed by atoms with Gasteiger partial charge in [-0.15, -0.1) is 0 Å². The van der Waals surface area contributed by atoms with E-state index in [9.17, 15) is 0 Å². The van der Waals surface area contributed by atoms with Gasteiger partial charge in [-0.1, -0.05) is 36.4 Å². The fraction of sp³-hybridized carbons (Fsp3) is 0.429. The molecule has 0 amide bonds. The monoisotopic (exact) mass is 216 g/mol. The fourth-order valence-corrected chi connectivity index (χ4v) is 2.85. The molecule has 0 atom stereocenters. The van der Waals surface area contributed by atoms with Gasteiger partial charge in [-0.05, 0) is 48.8 Å². The standard InChI is InChI=1S/C14H20Si/c15-11-10-12-6-8-14(9-7-12)13-4-2-1-3-5-13/h4,6-9H,1-3,5,10-11H2,15H3. The van der Waals surface area contributed by atoms with Gasteiger partial charge in [0.05, 0.1) is 0 Å². The molecule has 0 saturated carbocycles. The molecule has 2 rings (SSSR count). The van der Waals surface area contributed by atoms with E-state index in [-0.39, 0.29) is 0 Å². The lowest BCUT2D eigenvalue weighted by molar-refractivity contribution is 0.742. The molecular weight excluding hydrogens is 196 g/mol. The number of hydrogen-bond donors (Lipinski definition) is 0. The number of allylic oxidation sites excluding steroid dienone is 2. The van der Waals surface area contributed by atoms with Crippen molar-refractivity contribution in [3.63, 3.8) is 0 Å². The third-order valence-electron chi connectivity index (χ3n) is 3.15. The molecule has 1 heteroatoms. The molecule has 0 heterocycles. The Morgan fingerprint density at radius 1 is 1.07 bits per heavy atom. The van der Waals surface area contributed by atoms with Crippen LogP contribution in [0.1, 0.15) is 36.8 Å². The third kappa shape index (κ3) is 2.82. The zero-order valence-corrected chi connectivity index (χ0v) is 11.6. The molecule has 1 aromatic rings. The number of hydrogen-bond acceptors (Lipinski definition) is 0. The highest BCUT2D eigenvalue weighted by Crippen LogP contribution is 2.26. The molecule has 0 spiro atoms. The lowest BCUT2D eigenvalue weighted by Crippen LogP contribution is -1.92. The molecule has 80 valence electrons. The predicted octanol–water partition coefficient (Wildman–Crippen LogP) is 2.97. The van der Waals surface area contributed by atoms with Crippen molar-refractivity contribution in [1.29, 1.82) is 0 Å². The predicted molar refractivity (Wildman–Crippen MR) is 71.3 cm³/mol. The average molecular weight is 216 g/mol. The third-order valence-corrected chi connectivity index (χ3v) is 3.65. The smallest absolute Gasteiger partial charge is 0.00321 e. The molecule has 0 aliphatic heterocycles. The van der Waals surface area contributed by atoms with Crippen molar-refractivity contribution in [2.45, 2.75) is 38.1 Å². The summed E-state index contributed by atoms with van der Waals surface area (Å²) in [7, 11) is 1.32. The first kappa shape index (κ1) is 10.7. The van der Waals surface area contributed by atoms with E-state index in [2.05, 4.69) is 30.3 Å². The minimum atomic E-state index is 1.27. The van der Waals surface area contributed by atoms with Gasteiger partial charge >= 0.3 is 0 Å². The molecular formula is C14H20Si. The minimum absolute atomic E-state index is 1.27. The van der Waals surface area contributed by atoms with Gasteiger partial charge in [-0.25, -0.2) is 0 Å². The lowest BCUT2D eigenvalue weighted by atomic mass is 9.93. The van der Waals surface area contributed by atoms with Crippen molar-refractivity contribution >= 4 is 15.8 Å². The van der Waals surface area contributed by atoms with Crippen LogP contribution in [0.4, 0.5) is 0 Å². The highest BCUT2D eigenvalue weighted by molar-refractivity contribution is 6.08. The van der Waals surface area contributed by atoms with Crippen LogP contribution in [-0.2, 0) is 6.42 Å². The van der Waals surface area contributed by atoms with Crippen LogP contribution in [0.5, 0.6) is 0 Å². The van der Waals surface area contributed by atoms with E-state index in [0.717, 1.165) is 0 Å². The summed E-state index contributed by atoms with van der Waals surface area (Å²) in [6.07, 6.45) is 8.99. The molecule has 0 aromatic heterocycles. The van der Waals surface area contributed by atoms with Crippen molar-refractivity contribution in [3.8, 4) is 0 Å². The van der Waals surface area contributed by atoms with Gasteiger partial charge in [0.1, 0.15) is 0 Å². The van der Waals surface area contributed by atoms with Crippen molar-refractivity contribution in [3.05, 3.63) is 41.5 Å². The second-order valence-corrected chi connectivity index (χ2v) is 5.42. The Bertz CT molecular complexity index is 335. The maximum absolute atomic E-state index is 2.42. The van der Waals surface area contributed by atoms with Gasteiger partial charge < -0.3 is 0 Å². The normalized spacial score (nSPS) is 16.4. The Balaban J connectivity index is 2.12. The summed E-state index contributed by atoms with van der Waals surface area (Å²) in [5, 5.41) is 0. The Kier molecular flexibility index (Phi) is 3.79. The van der Waals surface area contributed by atoms with E-state index in [4.69, 9.17) is 0 Å². The molecule has 0 N–H and O–H groups in total. The van der Waals surface area contributed by atoms with Crippen LogP contribution < -0.4 is 0 Å². The van der Waals surface area contributed by atoms with Crippen molar-refractivity contribution in [1.82, 2.24) is 0 Å². The summed E-state index contributed by atoms with van der Waals surface area (Å²) in [4.78, 5) is 0. The first-order chi connectivity index (χ1) is 7.40. The minimum Gasteiger partial charge on any atom is -0.0807 e. The van der Waals surface area contributed by atoms with Crippen molar-refractivity contribution < 1.29 is 0 Å². The maximum atomic E-state index is 2.42. The van der Waals surface area contributed by atoms with Gasteiger partial charge in [0.15, 0.2) is 0 Å². The molecule has 0 fully saturated rings. The Morgan fingerprint density at radius 2 is 1.87 bits per heavy atom. The van der Waals surface area contributed by atoms with E-state index in [1.807, 2.05) is 0 Å². The zero-order valence-electron chi connectivity index (χ0n) is 9.63. The molecule has 0 radical (unpaired) electrons. The average Bonchev–Trinajstić information content (AvgIpc) is 2.32. The van der Waals surface area contributed by atoms with Crippen LogP contribution in [0.2, 0.25) is 6.04 Å². The summed E-state index contributed by atoms with van der Waals surface area (Å²) in [6, 6.07) is 10.6. The van der Waals surface area contributed by atoms with Crippen LogP contribution >= 0.6 is 0 Å². The summed E-state index contributed by atoms with van der Waals surface area (Å²) in [5.74, 6) is 0. The van der Waals surface area contributed by atoms with Crippen LogP contribution in [0.25, 0.3) is 5.57 Å². The molecule has 0 bridgehead atoms. The van der Waals surface area contributed by atoms with Gasteiger partial charge in [0.2, 0.25) is 0 Å². The van der Waals surface area contributed by atoms with E-state index in [1.165, 1.54) is 59.5 Å². The van der Waals surface area contributed by atoms with Crippen molar-refractivity contribution in [2.24, 2.45) is 0 Å². The van der Waals surface area contributed by atoms with Crippen LogP contribution in [0.15, 0.2) is 30.3 Å². The summed E-state index contributed by atoms with van der Waals surface area (Å²) in [5.41, 5.74) is 4.52. The second-order valence-electron chi connectivity index (χ2n) is 4.42. The summed E-state index contributed by atoms with van der Waals surface area (Å²) < 4.78 is 0. The number of benzene rings is 1. The van der Waals surface area contributed by atoms with Crippen molar-refractivity contribution in [2.75, 3.05) is 0 Å². The zero-order chi connectivity index (χ0) is 10.5. The maximum Gasteiger partial charge on any atom is 0.00321 e. The van der Waals surface area contributed by atoms with E-state index in [1.54, 1.807) is 5.57 Å². The van der Waals surface area contributed by atoms with Gasteiger partial charge in [0.25, 0.3) is 0 Å². The highest BCUT2D eigenvalue weighted by atomic mass is 28.1. The Hall–Kier alpha value is -0.823. The van der Waals surface area contributed by atoms with Gasteiger partial charge in [-0.2, -0.15) is 0 Å². The summed E-state index contributed by atoms with van der Waals surface area (Å²) >= 11 is 0. The molecule has 1 aliphatic carbocycles. The molecule has 15 heavy (non-hydrogen) atoms. The molecule has 1 aliphatic rings. The van der Waals surface area contributed by atoms with E-state index >= 15 is 0 Å². The quantitative estimate of drug-likeness (QED) is 0.682. The lowest BCUT2D eigenvalue weighted by Gasteiger charge is -2.13. The summed E-state index contributed by atoms with van der Waals surface area (Å²) in [6.45, 7) is 0. The number of aryl methyl sites for hydroxylation is 1. The molecule has 1 aromatic carbocycles. The highest BCUT2D eigenvalue weighted by Gasteiger charge is 2.05. The van der Waals surface area contributed by atoms with E-state index in [0.29, 0.717) is 0 Å². The van der Waals surface area contributed by atoms with E-state index < -0.39 is 0 Å². The first-order valence-electron chi connectivity index (χ1n) is 6.18. The Morgan fingerprint density at radius 3 is 2.47 bits per heavy atom. The number of rotatable bonds is 3. The first-order valence-corrected chi connectivity index (χ1v) is 7.60. The molecule has 0 saturated heterocycles. The molecule has 0 nitrogen and oxygen atoms in total. The molecule has 0 unspecified atom stereocenters. The van der Waals surface area contributed by atoms with Gasteiger partial charge in [-0.3, -0.25) is 0 Å². The Labute approximate surface area is 95.8 Å². The second kappa shape index (κ2) is 5.31. The fourth-order valence-electron chi connectivity index (χ4n) is 2.27. The van der Waals surface area contributed by atoms with Gasteiger partial charge in [0, 0.05) is 10.2 Å². The largest absolute Gasteiger partial charge is 0.0807 e. The van der Waals surface area contributed by atoms with Crippen LogP contribution in [-0.4, -0.2) is 10.2 Å². The van der Waals surface area contributed by atoms with Crippen LogP contribution in [0, 0.1) is 0 Å². The van der Waals surface area contributed by atoms with Crippen LogP contribution in [0.3, 0.4) is 0 Å².